The number of alkyl halides is 1. The fourth-order valence-electron chi connectivity index (χ4n) is 2.43. The Kier molecular flexibility index (Phi) is 3.80. The first kappa shape index (κ1) is 11.8. The molecule has 88 valence electrons. The first-order valence-electron chi connectivity index (χ1n) is 5.73. The summed E-state index contributed by atoms with van der Waals surface area (Å²) in [5.74, 6) is -0.545. The fourth-order valence-corrected chi connectivity index (χ4v) is 2.83. The highest BCUT2D eigenvalue weighted by atomic mass is 35.5. The largest absolute Gasteiger partial charge is 0.207 e. The van der Waals surface area contributed by atoms with E-state index in [2.05, 4.69) is 0 Å². The van der Waals surface area contributed by atoms with Gasteiger partial charge in [-0.1, -0.05) is 18.9 Å². The molecule has 0 saturated heterocycles. The highest BCUT2D eigenvalue weighted by Gasteiger charge is 2.22. The van der Waals surface area contributed by atoms with Crippen molar-refractivity contribution in [2.24, 2.45) is 5.92 Å². The van der Waals surface area contributed by atoms with Crippen molar-refractivity contribution >= 4 is 11.6 Å². The highest BCUT2D eigenvalue weighted by molar-refractivity contribution is 6.20. The van der Waals surface area contributed by atoms with Gasteiger partial charge in [0.15, 0.2) is 0 Å². The van der Waals surface area contributed by atoms with Crippen molar-refractivity contribution in [3.63, 3.8) is 0 Å². The quantitative estimate of drug-likeness (QED) is 0.681. The molecule has 3 heteroatoms. The van der Waals surface area contributed by atoms with Gasteiger partial charge in [0.2, 0.25) is 0 Å². The van der Waals surface area contributed by atoms with Gasteiger partial charge in [0.1, 0.15) is 11.6 Å². The fraction of sp³-hybridized carbons (Fsp3) is 0.538. The van der Waals surface area contributed by atoms with Crippen molar-refractivity contribution in [2.75, 3.05) is 0 Å². The van der Waals surface area contributed by atoms with E-state index in [1.165, 1.54) is 18.2 Å². The molecule has 2 atom stereocenters. The Bertz CT molecular complexity index is 345. The van der Waals surface area contributed by atoms with Crippen LogP contribution in [0, 0.1) is 17.6 Å². The van der Waals surface area contributed by atoms with Crippen LogP contribution in [0.15, 0.2) is 18.2 Å². The molecule has 16 heavy (non-hydrogen) atoms. The van der Waals surface area contributed by atoms with Gasteiger partial charge in [-0.2, -0.15) is 0 Å². The van der Waals surface area contributed by atoms with Crippen LogP contribution in [0.5, 0.6) is 0 Å². The molecule has 0 heterocycles. The average molecular weight is 245 g/mol. The lowest BCUT2D eigenvalue weighted by atomic mass is 9.84. The van der Waals surface area contributed by atoms with Crippen LogP contribution in [0.25, 0.3) is 0 Å². The van der Waals surface area contributed by atoms with Crippen molar-refractivity contribution in [1.29, 1.82) is 0 Å². The molecule has 1 aromatic rings. The zero-order chi connectivity index (χ0) is 11.5. The van der Waals surface area contributed by atoms with Gasteiger partial charge in [0, 0.05) is 10.9 Å². The van der Waals surface area contributed by atoms with Gasteiger partial charge in [0.05, 0.1) is 0 Å². The Morgan fingerprint density at radius 1 is 1.19 bits per heavy atom. The summed E-state index contributed by atoms with van der Waals surface area (Å²) in [5.41, 5.74) is 0.221. The monoisotopic (exact) mass is 244 g/mol. The maximum absolute atomic E-state index is 13.4. The summed E-state index contributed by atoms with van der Waals surface area (Å²) in [7, 11) is 0. The Morgan fingerprint density at radius 3 is 2.50 bits per heavy atom. The van der Waals surface area contributed by atoms with Crippen molar-refractivity contribution < 1.29 is 8.78 Å². The summed E-state index contributed by atoms with van der Waals surface area (Å²) < 4.78 is 26.9. The van der Waals surface area contributed by atoms with Crippen LogP contribution in [-0.4, -0.2) is 5.38 Å². The van der Waals surface area contributed by atoms with Gasteiger partial charge in [-0.25, -0.2) is 8.78 Å². The smallest absolute Gasteiger partial charge is 0.129 e. The highest BCUT2D eigenvalue weighted by Crippen LogP contribution is 2.31. The number of rotatable bonds is 2. The summed E-state index contributed by atoms with van der Waals surface area (Å²) >= 11 is 6.07. The summed E-state index contributed by atoms with van der Waals surface area (Å²) in [4.78, 5) is 0. The molecular weight excluding hydrogens is 230 g/mol. The molecule has 0 nitrogen and oxygen atoms in total. The van der Waals surface area contributed by atoms with Crippen LogP contribution in [0.3, 0.4) is 0 Å². The molecule has 0 aliphatic heterocycles. The molecule has 2 unspecified atom stereocenters. The zero-order valence-corrected chi connectivity index (χ0v) is 9.81. The van der Waals surface area contributed by atoms with E-state index in [9.17, 15) is 8.78 Å². The molecule has 0 bridgehead atoms. The van der Waals surface area contributed by atoms with Gasteiger partial charge in [-0.05, 0) is 37.3 Å². The maximum Gasteiger partial charge on any atom is 0.129 e. The van der Waals surface area contributed by atoms with Crippen LogP contribution in [0.2, 0.25) is 0 Å². The zero-order valence-electron chi connectivity index (χ0n) is 9.06. The van der Waals surface area contributed by atoms with Crippen LogP contribution >= 0.6 is 11.6 Å². The topological polar surface area (TPSA) is 0 Å². The SMILES string of the molecule is Fc1cccc(F)c1CC1CCCC(Cl)C1. The Hall–Kier alpha value is -0.630. The van der Waals surface area contributed by atoms with Gasteiger partial charge >= 0.3 is 0 Å². The predicted molar refractivity (Wildman–Crippen MR) is 61.7 cm³/mol. The van der Waals surface area contributed by atoms with Gasteiger partial charge in [-0.15, -0.1) is 11.6 Å². The van der Waals surface area contributed by atoms with E-state index >= 15 is 0 Å². The number of halogens is 3. The molecule has 0 aromatic heterocycles. The van der Waals surface area contributed by atoms with Crippen molar-refractivity contribution in [3.8, 4) is 0 Å². The van der Waals surface area contributed by atoms with E-state index in [1.807, 2.05) is 0 Å². The molecule has 1 aromatic carbocycles. The van der Waals surface area contributed by atoms with E-state index in [1.54, 1.807) is 0 Å². The minimum atomic E-state index is -0.434. The van der Waals surface area contributed by atoms with Crippen molar-refractivity contribution in [3.05, 3.63) is 35.4 Å². The minimum Gasteiger partial charge on any atom is -0.207 e. The second-order valence-electron chi connectivity index (χ2n) is 4.53. The molecule has 0 spiro atoms. The summed E-state index contributed by atoms with van der Waals surface area (Å²) in [5, 5.41) is 0.175. The lowest BCUT2D eigenvalue weighted by molar-refractivity contribution is 0.353. The lowest BCUT2D eigenvalue weighted by Crippen LogP contribution is -2.18. The normalized spacial score (nSPS) is 25.7. The summed E-state index contributed by atoms with van der Waals surface area (Å²) in [6, 6.07) is 4.04. The summed E-state index contributed by atoms with van der Waals surface area (Å²) in [6.45, 7) is 0. The minimum absolute atomic E-state index is 0.175. The van der Waals surface area contributed by atoms with Gasteiger partial charge in [0.25, 0.3) is 0 Å². The van der Waals surface area contributed by atoms with Gasteiger partial charge < -0.3 is 0 Å². The van der Waals surface area contributed by atoms with Crippen LogP contribution in [0.1, 0.15) is 31.2 Å². The molecule has 2 rings (SSSR count). The predicted octanol–water partition coefficient (Wildman–Crippen LogP) is 4.30. The second-order valence-corrected chi connectivity index (χ2v) is 5.15. The number of benzene rings is 1. The second kappa shape index (κ2) is 5.13. The Balaban J connectivity index is 2.08. The van der Waals surface area contributed by atoms with E-state index < -0.39 is 11.6 Å². The molecule has 0 amide bonds. The van der Waals surface area contributed by atoms with E-state index in [4.69, 9.17) is 11.6 Å². The third-order valence-electron chi connectivity index (χ3n) is 3.27. The standard InChI is InChI=1S/C13H15ClF2/c14-10-4-1-3-9(7-10)8-11-12(15)5-2-6-13(11)16/h2,5-6,9-10H,1,3-4,7-8H2. The Labute approximate surface area is 99.6 Å². The molecule has 1 fully saturated rings. The molecule has 0 radical (unpaired) electrons. The Morgan fingerprint density at radius 2 is 1.88 bits per heavy atom. The molecule has 0 N–H and O–H groups in total. The van der Waals surface area contributed by atoms with Crippen molar-refractivity contribution in [1.82, 2.24) is 0 Å². The maximum atomic E-state index is 13.4. The van der Waals surface area contributed by atoms with E-state index in [-0.39, 0.29) is 10.9 Å². The third-order valence-corrected chi connectivity index (χ3v) is 3.67. The molecule has 1 aliphatic carbocycles. The first-order chi connectivity index (χ1) is 7.66. The van der Waals surface area contributed by atoms with Crippen LogP contribution < -0.4 is 0 Å². The molecular formula is C13H15ClF2. The molecule has 1 aliphatic rings. The van der Waals surface area contributed by atoms with Crippen molar-refractivity contribution in [2.45, 2.75) is 37.5 Å². The van der Waals surface area contributed by atoms with E-state index in [0.29, 0.717) is 12.3 Å². The lowest BCUT2D eigenvalue weighted by Gasteiger charge is -2.25. The molecule has 1 saturated carbocycles. The number of hydrogen-bond acceptors (Lipinski definition) is 0. The number of hydrogen-bond donors (Lipinski definition) is 0. The first-order valence-corrected chi connectivity index (χ1v) is 6.17. The summed E-state index contributed by atoms with van der Waals surface area (Å²) in [6.07, 6.45) is 4.46. The third kappa shape index (κ3) is 2.73. The van der Waals surface area contributed by atoms with Crippen LogP contribution in [0.4, 0.5) is 8.78 Å². The average Bonchev–Trinajstić information content (AvgIpc) is 2.24. The van der Waals surface area contributed by atoms with Crippen LogP contribution in [-0.2, 0) is 6.42 Å². The van der Waals surface area contributed by atoms with Gasteiger partial charge in [-0.3, -0.25) is 0 Å². The van der Waals surface area contributed by atoms with E-state index in [0.717, 1.165) is 25.7 Å².